The summed E-state index contributed by atoms with van der Waals surface area (Å²) in [5.41, 5.74) is 0.447. The molecule has 0 saturated carbocycles. The minimum atomic E-state index is -0.666. The number of rotatable bonds is 6. The van der Waals surface area contributed by atoms with E-state index in [1.54, 1.807) is 0 Å². The van der Waals surface area contributed by atoms with Gasteiger partial charge in [0, 0.05) is 38.6 Å². The van der Waals surface area contributed by atoms with E-state index in [1.165, 1.54) is 0 Å². The third-order valence-corrected chi connectivity index (χ3v) is 4.76. The summed E-state index contributed by atoms with van der Waals surface area (Å²) in [6.45, 7) is 3.98. The average molecular weight is 332 g/mol. The fourth-order valence-corrected chi connectivity index (χ4v) is 2.95. The van der Waals surface area contributed by atoms with Crippen molar-refractivity contribution in [2.24, 2.45) is 0 Å². The van der Waals surface area contributed by atoms with Crippen LogP contribution in [0.5, 0.6) is 0 Å². The second-order valence-electron chi connectivity index (χ2n) is 5.73. The summed E-state index contributed by atoms with van der Waals surface area (Å²) in [5.74, 6) is 0. The van der Waals surface area contributed by atoms with E-state index >= 15 is 0 Å². The first-order chi connectivity index (χ1) is 10.0. The lowest BCUT2D eigenvalue weighted by molar-refractivity contribution is -0.0629. The van der Waals surface area contributed by atoms with Gasteiger partial charge in [-0.05, 0) is 24.1 Å². The Balaban J connectivity index is 2.02. The Labute approximate surface area is 136 Å². The van der Waals surface area contributed by atoms with E-state index in [9.17, 15) is 5.11 Å². The van der Waals surface area contributed by atoms with E-state index in [0.717, 1.165) is 18.4 Å². The second-order valence-corrected chi connectivity index (χ2v) is 6.55. The van der Waals surface area contributed by atoms with Gasteiger partial charge < -0.3 is 15.2 Å². The van der Waals surface area contributed by atoms with Crippen molar-refractivity contribution >= 4 is 23.2 Å². The summed E-state index contributed by atoms with van der Waals surface area (Å²) < 4.78 is 5.31. The normalized spacial score (nSPS) is 19.4. The van der Waals surface area contributed by atoms with E-state index in [1.807, 2.05) is 18.2 Å². The molecule has 0 spiro atoms. The lowest BCUT2D eigenvalue weighted by Gasteiger charge is -2.34. The van der Waals surface area contributed by atoms with Gasteiger partial charge in [-0.25, -0.2) is 0 Å². The summed E-state index contributed by atoms with van der Waals surface area (Å²) in [6, 6.07) is 5.91. The molecule has 118 valence electrons. The molecule has 0 aliphatic carbocycles. The molecule has 3 nitrogen and oxygen atoms in total. The van der Waals surface area contributed by atoms with E-state index in [2.05, 4.69) is 12.2 Å². The Hall–Kier alpha value is -0.320. The molecule has 1 aromatic rings. The lowest BCUT2D eigenvalue weighted by Crippen LogP contribution is -2.45. The fraction of sp³-hybridized carbons (Fsp3) is 0.625. The van der Waals surface area contributed by atoms with Crippen molar-refractivity contribution in [2.75, 3.05) is 19.8 Å². The van der Waals surface area contributed by atoms with Crippen LogP contribution in [-0.4, -0.2) is 30.5 Å². The van der Waals surface area contributed by atoms with Crippen LogP contribution in [0, 0.1) is 0 Å². The van der Waals surface area contributed by atoms with Crippen LogP contribution in [0.4, 0.5) is 0 Å². The van der Waals surface area contributed by atoms with E-state index in [0.29, 0.717) is 42.6 Å². The molecule has 1 unspecified atom stereocenters. The molecule has 21 heavy (non-hydrogen) atoms. The van der Waals surface area contributed by atoms with Gasteiger partial charge in [-0.15, -0.1) is 0 Å². The fourth-order valence-electron chi connectivity index (χ4n) is 2.65. The molecule has 0 radical (unpaired) electrons. The van der Waals surface area contributed by atoms with Gasteiger partial charge in [-0.1, -0.05) is 42.6 Å². The van der Waals surface area contributed by atoms with Crippen LogP contribution < -0.4 is 5.32 Å². The predicted octanol–water partition coefficient (Wildman–Crippen LogP) is 3.97. The summed E-state index contributed by atoms with van der Waals surface area (Å²) in [4.78, 5) is 0. The molecule has 1 atom stereocenters. The van der Waals surface area contributed by atoms with Crippen molar-refractivity contribution in [2.45, 2.75) is 44.2 Å². The first-order valence-electron chi connectivity index (χ1n) is 7.52. The summed E-state index contributed by atoms with van der Waals surface area (Å²) in [7, 11) is 0. The second kappa shape index (κ2) is 7.80. The molecule has 0 amide bonds. The van der Waals surface area contributed by atoms with Gasteiger partial charge in [0.15, 0.2) is 0 Å². The molecule has 0 bridgehead atoms. The van der Waals surface area contributed by atoms with Crippen LogP contribution in [0.25, 0.3) is 0 Å². The minimum Gasteiger partial charge on any atom is -0.388 e. The number of ether oxygens (including phenoxy) is 1. The molecule has 1 aromatic carbocycles. The third kappa shape index (κ3) is 4.83. The number of hydrogen-bond donors (Lipinski definition) is 2. The summed E-state index contributed by atoms with van der Waals surface area (Å²) in [5, 5.41) is 15.2. The van der Waals surface area contributed by atoms with Crippen LogP contribution >= 0.6 is 23.2 Å². The molecule has 1 aliphatic rings. The molecule has 1 saturated heterocycles. The molecule has 0 aromatic heterocycles. The number of aliphatic hydroxyl groups is 1. The highest BCUT2D eigenvalue weighted by molar-refractivity contribution is 6.42. The number of benzene rings is 1. The average Bonchev–Trinajstić information content (AvgIpc) is 2.47. The van der Waals surface area contributed by atoms with Gasteiger partial charge in [-0.3, -0.25) is 0 Å². The van der Waals surface area contributed by atoms with Crippen molar-refractivity contribution in [1.29, 1.82) is 0 Å². The standard InChI is InChI=1S/C16H23Cl2NO2/c1-2-3-15(12-4-5-13(17)14(18)10-12)19-11-16(20)6-8-21-9-7-16/h4-5,10,15,19-20H,2-3,6-9,11H2,1H3. The van der Waals surface area contributed by atoms with Crippen molar-refractivity contribution < 1.29 is 9.84 Å². The summed E-state index contributed by atoms with van der Waals surface area (Å²) in [6.07, 6.45) is 3.41. The highest BCUT2D eigenvalue weighted by atomic mass is 35.5. The van der Waals surface area contributed by atoms with Gasteiger partial charge in [-0.2, -0.15) is 0 Å². The molecule has 2 rings (SSSR count). The Morgan fingerprint density at radius 3 is 2.62 bits per heavy atom. The van der Waals surface area contributed by atoms with Crippen LogP contribution in [-0.2, 0) is 4.74 Å². The van der Waals surface area contributed by atoms with Crippen LogP contribution in [0.3, 0.4) is 0 Å². The first-order valence-corrected chi connectivity index (χ1v) is 8.28. The van der Waals surface area contributed by atoms with Crippen LogP contribution in [0.15, 0.2) is 18.2 Å². The number of hydrogen-bond acceptors (Lipinski definition) is 3. The predicted molar refractivity (Wildman–Crippen MR) is 87.1 cm³/mol. The van der Waals surface area contributed by atoms with Crippen LogP contribution in [0.1, 0.15) is 44.2 Å². The van der Waals surface area contributed by atoms with Crippen molar-refractivity contribution in [1.82, 2.24) is 5.32 Å². The Morgan fingerprint density at radius 1 is 1.29 bits per heavy atom. The topological polar surface area (TPSA) is 41.5 Å². The Kier molecular flexibility index (Phi) is 6.33. The van der Waals surface area contributed by atoms with Gasteiger partial charge >= 0.3 is 0 Å². The Morgan fingerprint density at radius 2 is 2.00 bits per heavy atom. The SMILES string of the molecule is CCCC(NCC1(O)CCOCC1)c1ccc(Cl)c(Cl)c1. The smallest absolute Gasteiger partial charge is 0.0815 e. The third-order valence-electron chi connectivity index (χ3n) is 4.02. The zero-order valence-electron chi connectivity index (χ0n) is 12.4. The highest BCUT2D eigenvalue weighted by Crippen LogP contribution is 2.28. The molecule has 1 fully saturated rings. The van der Waals surface area contributed by atoms with E-state index in [-0.39, 0.29) is 6.04 Å². The van der Waals surface area contributed by atoms with Crippen molar-refractivity contribution in [3.8, 4) is 0 Å². The maximum Gasteiger partial charge on any atom is 0.0815 e. The highest BCUT2D eigenvalue weighted by Gasteiger charge is 2.30. The molecule has 1 aliphatic heterocycles. The van der Waals surface area contributed by atoms with E-state index in [4.69, 9.17) is 27.9 Å². The zero-order chi connectivity index (χ0) is 15.3. The maximum atomic E-state index is 10.5. The number of nitrogens with one attached hydrogen (secondary N) is 1. The monoisotopic (exact) mass is 331 g/mol. The van der Waals surface area contributed by atoms with E-state index < -0.39 is 5.60 Å². The minimum absolute atomic E-state index is 0.177. The van der Waals surface area contributed by atoms with Crippen LogP contribution in [0.2, 0.25) is 10.0 Å². The zero-order valence-corrected chi connectivity index (χ0v) is 13.9. The largest absolute Gasteiger partial charge is 0.388 e. The molecular weight excluding hydrogens is 309 g/mol. The number of halogens is 2. The van der Waals surface area contributed by atoms with Crippen molar-refractivity contribution in [3.63, 3.8) is 0 Å². The van der Waals surface area contributed by atoms with Gasteiger partial charge in [0.25, 0.3) is 0 Å². The molecule has 5 heteroatoms. The van der Waals surface area contributed by atoms with Gasteiger partial charge in [0.05, 0.1) is 15.6 Å². The molecule has 2 N–H and O–H groups in total. The molecule has 1 heterocycles. The quantitative estimate of drug-likeness (QED) is 0.828. The summed E-state index contributed by atoms with van der Waals surface area (Å²) >= 11 is 12.1. The van der Waals surface area contributed by atoms with Gasteiger partial charge in [0.2, 0.25) is 0 Å². The van der Waals surface area contributed by atoms with Crippen molar-refractivity contribution in [3.05, 3.63) is 33.8 Å². The van der Waals surface area contributed by atoms with Gasteiger partial charge in [0.1, 0.15) is 0 Å². The maximum absolute atomic E-state index is 10.5. The lowest BCUT2D eigenvalue weighted by atomic mass is 9.93. The Bertz CT molecular complexity index is 462. The first kappa shape index (κ1) is 17.0. The molecular formula is C16H23Cl2NO2.